The number of carbonyl (C=O) groups is 1. The molecule has 150 valence electrons. The van der Waals surface area contributed by atoms with E-state index < -0.39 is 34.7 Å². The molecule has 1 unspecified atom stereocenters. The standard InChI is InChI=1S/C15H15F3N6O3S/c16-15(17,18)7-23-4-3-10(6-23)21-13(25)9-1-2-11-12(5-9)28(26,27)22-14-19-8-20-24(11)14/h1-2,5,8,10H,3-4,6-7H2,(H,21,25)(H,19,20,22). The number of alkyl halides is 3. The van der Waals surface area contributed by atoms with Crippen LogP contribution in [0.2, 0.25) is 0 Å². The summed E-state index contributed by atoms with van der Waals surface area (Å²) in [5, 5.41) is 6.60. The van der Waals surface area contributed by atoms with Gasteiger partial charge in [0.1, 0.15) is 11.2 Å². The molecule has 9 nitrogen and oxygen atoms in total. The number of benzene rings is 1. The summed E-state index contributed by atoms with van der Waals surface area (Å²) in [6, 6.07) is 3.64. The molecule has 1 fully saturated rings. The van der Waals surface area contributed by atoms with E-state index in [0.29, 0.717) is 6.42 Å². The smallest absolute Gasteiger partial charge is 0.348 e. The minimum absolute atomic E-state index is 0.0420. The van der Waals surface area contributed by atoms with Gasteiger partial charge in [-0.15, -0.1) is 0 Å². The number of anilines is 1. The Labute approximate surface area is 157 Å². The van der Waals surface area contributed by atoms with Crippen LogP contribution in [0.1, 0.15) is 16.8 Å². The number of nitrogens with one attached hydrogen (secondary N) is 2. The third-order valence-corrected chi connectivity index (χ3v) is 5.88. The average Bonchev–Trinajstić information content (AvgIpc) is 3.21. The van der Waals surface area contributed by atoms with Crippen LogP contribution >= 0.6 is 0 Å². The quantitative estimate of drug-likeness (QED) is 0.764. The van der Waals surface area contributed by atoms with Gasteiger partial charge in [-0.3, -0.25) is 9.69 Å². The first-order valence-electron chi connectivity index (χ1n) is 8.30. The summed E-state index contributed by atoms with van der Waals surface area (Å²) in [7, 11) is -3.92. The average molecular weight is 416 g/mol. The number of rotatable bonds is 3. The van der Waals surface area contributed by atoms with E-state index in [4.69, 9.17) is 0 Å². The molecule has 3 heterocycles. The first-order chi connectivity index (χ1) is 13.1. The van der Waals surface area contributed by atoms with E-state index >= 15 is 0 Å². The van der Waals surface area contributed by atoms with E-state index in [1.165, 1.54) is 34.1 Å². The van der Waals surface area contributed by atoms with Gasteiger partial charge in [0.25, 0.3) is 15.9 Å². The van der Waals surface area contributed by atoms with E-state index in [1.54, 1.807) is 0 Å². The van der Waals surface area contributed by atoms with Crippen molar-refractivity contribution in [3.05, 3.63) is 30.1 Å². The Bertz CT molecular complexity index is 1040. The van der Waals surface area contributed by atoms with Crippen LogP contribution in [-0.2, 0) is 10.0 Å². The van der Waals surface area contributed by atoms with Gasteiger partial charge in [-0.05, 0) is 24.6 Å². The molecular weight excluding hydrogens is 401 g/mol. The van der Waals surface area contributed by atoms with Gasteiger partial charge in [0.15, 0.2) is 0 Å². The Morgan fingerprint density at radius 1 is 1.36 bits per heavy atom. The van der Waals surface area contributed by atoms with Crippen LogP contribution < -0.4 is 10.0 Å². The van der Waals surface area contributed by atoms with E-state index in [1.807, 2.05) is 0 Å². The normalized spacial score (nSPS) is 20.9. The van der Waals surface area contributed by atoms with Crippen molar-refractivity contribution >= 4 is 21.9 Å². The van der Waals surface area contributed by atoms with Crippen LogP contribution in [0.25, 0.3) is 5.69 Å². The number of amides is 1. The Hall–Kier alpha value is -2.67. The molecule has 0 bridgehead atoms. The number of nitrogens with zero attached hydrogens (tertiary/aromatic N) is 4. The van der Waals surface area contributed by atoms with Gasteiger partial charge in [0.05, 0.1) is 12.2 Å². The van der Waals surface area contributed by atoms with Crippen LogP contribution in [-0.4, -0.2) is 65.8 Å². The molecule has 0 radical (unpaired) electrons. The lowest BCUT2D eigenvalue weighted by atomic mass is 10.1. The predicted molar refractivity (Wildman–Crippen MR) is 90.5 cm³/mol. The van der Waals surface area contributed by atoms with E-state index in [0.717, 1.165) is 0 Å². The predicted octanol–water partition coefficient (Wildman–Crippen LogP) is 0.748. The maximum Gasteiger partial charge on any atom is 0.401 e. The molecule has 13 heteroatoms. The summed E-state index contributed by atoms with van der Waals surface area (Å²) >= 11 is 0. The van der Waals surface area contributed by atoms with Crippen LogP contribution in [0.3, 0.4) is 0 Å². The van der Waals surface area contributed by atoms with E-state index in [9.17, 15) is 26.4 Å². The fourth-order valence-electron chi connectivity index (χ4n) is 3.32. The molecule has 2 aliphatic heterocycles. The van der Waals surface area contributed by atoms with E-state index in [2.05, 4.69) is 20.1 Å². The zero-order chi connectivity index (χ0) is 20.1. The fourth-order valence-corrected chi connectivity index (χ4v) is 4.53. The fraction of sp³-hybridized carbons (Fsp3) is 0.400. The number of hydrogen-bond acceptors (Lipinski definition) is 6. The molecule has 2 aromatic rings. The molecule has 0 aliphatic carbocycles. The first kappa shape index (κ1) is 18.7. The lowest BCUT2D eigenvalue weighted by Gasteiger charge is -2.20. The number of aromatic nitrogens is 3. The number of hydrogen-bond donors (Lipinski definition) is 2. The minimum Gasteiger partial charge on any atom is -0.348 e. The molecule has 0 spiro atoms. The number of fused-ring (bicyclic) bond motifs is 3. The van der Waals surface area contributed by atoms with Crippen LogP contribution in [0.5, 0.6) is 0 Å². The third kappa shape index (κ3) is 3.54. The van der Waals surface area contributed by atoms with Crippen molar-refractivity contribution in [3.63, 3.8) is 0 Å². The summed E-state index contributed by atoms with van der Waals surface area (Å²) in [5.41, 5.74) is 0.335. The molecule has 1 saturated heterocycles. The number of sulfonamides is 1. The Balaban J connectivity index is 1.51. The third-order valence-electron chi connectivity index (χ3n) is 4.52. The van der Waals surface area contributed by atoms with Gasteiger partial charge in [-0.1, -0.05) is 0 Å². The summed E-state index contributed by atoms with van der Waals surface area (Å²) in [6.45, 7) is -0.719. The monoisotopic (exact) mass is 416 g/mol. The molecule has 2 aliphatic rings. The van der Waals surface area contributed by atoms with Crippen LogP contribution in [0.4, 0.5) is 19.1 Å². The lowest BCUT2D eigenvalue weighted by Crippen LogP contribution is -2.39. The maximum atomic E-state index is 12.5. The molecule has 4 rings (SSSR count). The number of halogens is 3. The largest absolute Gasteiger partial charge is 0.401 e. The Morgan fingerprint density at radius 2 is 2.14 bits per heavy atom. The summed E-state index contributed by atoms with van der Waals surface area (Å²) in [6.07, 6.45) is -2.71. The van der Waals surface area contributed by atoms with Crippen molar-refractivity contribution in [1.29, 1.82) is 0 Å². The van der Waals surface area contributed by atoms with Gasteiger partial charge in [-0.25, -0.2) is 13.1 Å². The Morgan fingerprint density at radius 3 is 2.89 bits per heavy atom. The molecule has 1 atom stereocenters. The molecule has 0 saturated carbocycles. The van der Waals surface area contributed by atoms with Gasteiger partial charge in [0.2, 0.25) is 5.95 Å². The SMILES string of the molecule is O=C(NC1CCN(CC(F)(F)F)C1)c1ccc2c(c1)S(=O)(=O)Nc1ncnn1-2. The van der Waals surface area contributed by atoms with Crippen LogP contribution in [0, 0.1) is 0 Å². The van der Waals surface area contributed by atoms with Gasteiger partial charge < -0.3 is 5.32 Å². The minimum atomic E-state index is -4.29. The van der Waals surface area contributed by atoms with E-state index in [-0.39, 0.29) is 35.2 Å². The van der Waals surface area contributed by atoms with Crippen molar-refractivity contribution in [2.75, 3.05) is 24.4 Å². The first-order valence-corrected chi connectivity index (χ1v) is 9.78. The zero-order valence-corrected chi connectivity index (χ0v) is 15.1. The summed E-state index contributed by atoms with van der Waals surface area (Å²) < 4.78 is 65.8. The van der Waals surface area contributed by atoms with Crippen molar-refractivity contribution in [3.8, 4) is 5.69 Å². The van der Waals surface area contributed by atoms with Gasteiger partial charge in [-0.2, -0.15) is 27.9 Å². The second kappa shape index (κ2) is 6.44. The molecular formula is C15H15F3N6O3S. The highest BCUT2D eigenvalue weighted by molar-refractivity contribution is 7.93. The van der Waals surface area contributed by atoms with Crippen molar-refractivity contribution in [1.82, 2.24) is 25.0 Å². The number of likely N-dealkylation sites (tertiary alicyclic amines) is 1. The molecule has 1 aromatic carbocycles. The highest BCUT2D eigenvalue weighted by Crippen LogP contribution is 2.29. The maximum absolute atomic E-state index is 12.5. The topological polar surface area (TPSA) is 109 Å². The Kier molecular flexibility index (Phi) is 4.30. The van der Waals surface area contributed by atoms with Gasteiger partial charge in [0, 0.05) is 24.7 Å². The summed E-state index contributed by atoms with van der Waals surface area (Å²) in [5.74, 6) is -0.512. The van der Waals surface area contributed by atoms with Gasteiger partial charge >= 0.3 is 6.18 Å². The molecule has 1 aromatic heterocycles. The van der Waals surface area contributed by atoms with Crippen molar-refractivity contribution < 1.29 is 26.4 Å². The second-order valence-corrected chi connectivity index (χ2v) is 8.24. The zero-order valence-electron chi connectivity index (χ0n) is 14.3. The highest BCUT2D eigenvalue weighted by Gasteiger charge is 2.35. The van der Waals surface area contributed by atoms with Crippen molar-refractivity contribution in [2.24, 2.45) is 0 Å². The highest BCUT2D eigenvalue weighted by atomic mass is 32.2. The summed E-state index contributed by atoms with van der Waals surface area (Å²) in [4.78, 5) is 17.4. The number of carbonyl (C=O) groups excluding carboxylic acids is 1. The molecule has 28 heavy (non-hydrogen) atoms. The lowest BCUT2D eigenvalue weighted by molar-refractivity contribution is -0.143. The second-order valence-electron chi connectivity index (χ2n) is 6.59. The molecule has 2 N–H and O–H groups in total. The van der Waals surface area contributed by atoms with Crippen LogP contribution in [0.15, 0.2) is 29.4 Å². The van der Waals surface area contributed by atoms with Crippen molar-refractivity contribution in [2.45, 2.75) is 23.5 Å². The molecule has 1 amide bonds.